The van der Waals surface area contributed by atoms with E-state index in [4.69, 9.17) is 5.73 Å². The molecule has 0 bridgehead atoms. The Balaban J connectivity index is 2.21. The Morgan fingerprint density at radius 3 is 2.80 bits per heavy atom. The molecule has 7 heteroatoms. The lowest BCUT2D eigenvalue weighted by Crippen LogP contribution is -2.11. The van der Waals surface area contributed by atoms with Crippen molar-refractivity contribution in [3.8, 4) is 0 Å². The summed E-state index contributed by atoms with van der Waals surface area (Å²) < 4.78 is 8.29. The zero-order chi connectivity index (χ0) is 14.7. The van der Waals surface area contributed by atoms with Gasteiger partial charge in [0.1, 0.15) is 11.6 Å². The lowest BCUT2D eigenvalue weighted by molar-refractivity contribution is 0.0595. The van der Waals surface area contributed by atoms with Crippen molar-refractivity contribution >= 4 is 11.8 Å². The van der Waals surface area contributed by atoms with E-state index in [1.54, 1.807) is 4.68 Å². The molecule has 0 unspecified atom stereocenters. The Labute approximate surface area is 117 Å². The number of aryl methyl sites for hydroxylation is 3. The number of hydrogen-bond acceptors (Lipinski definition) is 5. The van der Waals surface area contributed by atoms with E-state index in [0.717, 1.165) is 17.9 Å². The molecule has 0 saturated carbocycles. The van der Waals surface area contributed by atoms with Crippen molar-refractivity contribution in [1.82, 2.24) is 19.3 Å². The van der Waals surface area contributed by atoms with Crippen LogP contribution >= 0.6 is 0 Å². The number of ether oxygens (including phenoxy) is 1. The molecule has 0 spiro atoms. The lowest BCUT2D eigenvalue weighted by atomic mass is 10.3. The number of carbonyl (C=O) groups excluding carboxylic acids is 1. The second kappa shape index (κ2) is 5.77. The molecule has 0 saturated heterocycles. The molecule has 0 aliphatic heterocycles. The van der Waals surface area contributed by atoms with Crippen LogP contribution in [-0.2, 0) is 31.2 Å². The Kier molecular flexibility index (Phi) is 4.07. The topological polar surface area (TPSA) is 88.0 Å². The Morgan fingerprint density at radius 1 is 1.50 bits per heavy atom. The minimum atomic E-state index is -0.506. The summed E-state index contributed by atoms with van der Waals surface area (Å²) in [5, 5.41) is 4.32. The molecule has 0 atom stereocenters. The highest BCUT2D eigenvalue weighted by Crippen LogP contribution is 2.17. The number of anilines is 1. The molecular formula is C13H19N5O2. The van der Waals surface area contributed by atoms with E-state index < -0.39 is 5.97 Å². The Morgan fingerprint density at radius 2 is 2.25 bits per heavy atom. The molecule has 2 rings (SSSR count). The molecule has 0 aliphatic rings. The van der Waals surface area contributed by atoms with Gasteiger partial charge in [-0.15, -0.1) is 0 Å². The van der Waals surface area contributed by atoms with E-state index in [0.29, 0.717) is 18.8 Å². The Bertz CT molecular complexity index is 614. The van der Waals surface area contributed by atoms with Crippen LogP contribution in [0.1, 0.15) is 28.9 Å². The molecule has 7 nitrogen and oxygen atoms in total. The van der Waals surface area contributed by atoms with Crippen LogP contribution in [0, 0.1) is 0 Å². The second-order valence-corrected chi connectivity index (χ2v) is 4.49. The molecular weight excluding hydrogens is 258 g/mol. The summed E-state index contributed by atoms with van der Waals surface area (Å²) >= 11 is 0. The maximum atomic E-state index is 11.6. The summed E-state index contributed by atoms with van der Waals surface area (Å²) in [7, 11) is 3.20. The molecule has 2 heterocycles. The van der Waals surface area contributed by atoms with Gasteiger partial charge >= 0.3 is 5.97 Å². The molecule has 108 valence electrons. The summed E-state index contributed by atoms with van der Waals surface area (Å²) in [6.07, 6.45) is 3.33. The zero-order valence-corrected chi connectivity index (χ0v) is 12.0. The van der Waals surface area contributed by atoms with Gasteiger partial charge in [-0.3, -0.25) is 4.68 Å². The summed E-state index contributed by atoms with van der Waals surface area (Å²) in [5.74, 6) is 0.622. The van der Waals surface area contributed by atoms with Crippen LogP contribution in [0.15, 0.2) is 12.3 Å². The van der Waals surface area contributed by atoms with E-state index in [2.05, 4.69) is 14.8 Å². The number of carbonyl (C=O) groups is 1. The van der Waals surface area contributed by atoms with Gasteiger partial charge in [-0.25, -0.2) is 9.78 Å². The molecule has 20 heavy (non-hydrogen) atoms. The molecule has 0 aromatic carbocycles. The maximum Gasteiger partial charge on any atom is 0.360 e. The maximum absolute atomic E-state index is 11.6. The first-order chi connectivity index (χ1) is 9.56. The third kappa shape index (κ3) is 2.66. The molecule has 2 aromatic heterocycles. The highest BCUT2D eigenvalue weighted by Gasteiger charge is 2.20. The lowest BCUT2D eigenvalue weighted by Gasteiger charge is -2.07. The minimum absolute atomic E-state index is 0.186. The van der Waals surface area contributed by atoms with Gasteiger partial charge in [0.05, 0.1) is 12.8 Å². The number of imidazole rings is 1. The number of methoxy groups -OCH3 is 1. The molecule has 0 aliphatic carbocycles. The first-order valence-electron chi connectivity index (χ1n) is 6.48. The third-order valence-corrected chi connectivity index (χ3v) is 3.14. The summed E-state index contributed by atoms with van der Waals surface area (Å²) in [5.41, 5.74) is 7.16. The van der Waals surface area contributed by atoms with Gasteiger partial charge in [-0.2, -0.15) is 5.10 Å². The Hall–Kier alpha value is -2.31. The highest BCUT2D eigenvalue weighted by atomic mass is 16.5. The third-order valence-electron chi connectivity index (χ3n) is 3.14. The monoisotopic (exact) mass is 277 g/mol. The van der Waals surface area contributed by atoms with Crippen LogP contribution in [0.25, 0.3) is 0 Å². The molecule has 0 amide bonds. The molecule has 0 radical (unpaired) electrons. The van der Waals surface area contributed by atoms with Crippen LogP contribution in [-0.4, -0.2) is 32.4 Å². The van der Waals surface area contributed by atoms with Gasteiger partial charge in [-0.05, 0) is 6.07 Å². The van der Waals surface area contributed by atoms with Crippen LogP contribution in [0.3, 0.4) is 0 Å². The van der Waals surface area contributed by atoms with E-state index in [-0.39, 0.29) is 5.69 Å². The molecule has 2 aromatic rings. The van der Waals surface area contributed by atoms with Crippen LogP contribution in [0.5, 0.6) is 0 Å². The fourth-order valence-corrected chi connectivity index (χ4v) is 2.10. The average molecular weight is 277 g/mol. The number of rotatable bonds is 5. The molecule has 0 fully saturated rings. The first kappa shape index (κ1) is 14.1. The average Bonchev–Trinajstić information content (AvgIpc) is 2.99. The minimum Gasteiger partial charge on any atom is -0.464 e. The van der Waals surface area contributed by atoms with Crippen molar-refractivity contribution in [1.29, 1.82) is 0 Å². The van der Waals surface area contributed by atoms with Gasteiger partial charge in [0.15, 0.2) is 5.69 Å². The number of hydrogen-bond donors (Lipinski definition) is 1. The smallest absolute Gasteiger partial charge is 0.360 e. The van der Waals surface area contributed by atoms with E-state index in [1.807, 2.05) is 30.8 Å². The predicted molar refractivity (Wildman–Crippen MR) is 74.3 cm³/mol. The molecule has 2 N–H and O–H groups in total. The van der Waals surface area contributed by atoms with Crippen molar-refractivity contribution < 1.29 is 9.53 Å². The van der Waals surface area contributed by atoms with Crippen LogP contribution in [0.4, 0.5) is 5.82 Å². The van der Waals surface area contributed by atoms with Crippen molar-refractivity contribution in [3.05, 3.63) is 29.5 Å². The van der Waals surface area contributed by atoms with Crippen LogP contribution in [0.2, 0.25) is 0 Å². The number of nitrogens with two attached hydrogens (primary N) is 1. The fraction of sp³-hybridized carbons (Fsp3) is 0.462. The van der Waals surface area contributed by atoms with Gasteiger partial charge in [0, 0.05) is 32.6 Å². The van der Waals surface area contributed by atoms with Gasteiger partial charge in [-0.1, -0.05) is 6.92 Å². The predicted octanol–water partition coefficient (Wildman–Crippen LogP) is 0.790. The SMILES string of the molecule is CCc1nc(C(=O)OC)c(N)n1CCc1ccn(C)n1. The van der Waals surface area contributed by atoms with Gasteiger partial charge < -0.3 is 15.0 Å². The highest BCUT2D eigenvalue weighted by molar-refractivity contribution is 5.92. The summed E-state index contributed by atoms with van der Waals surface area (Å²) in [6.45, 7) is 2.61. The van der Waals surface area contributed by atoms with Crippen molar-refractivity contribution in [2.45, 2.75) is 26.3 Å². The zero-order valence-electron chi connectivity index (χ0n) is 12.0. The summed E-state index contributed by atoms with van der Waals surface area (Å²) in [4.78, 5) is 15.9. The van der Waals surface area contributed by atoms with E-state index in [1.165, 1.54) is 7.11 Å². The van der Waals surface area contributed by atoms with Gasteiger partial charge in [0.2, 0.25) is 0 Å². The number of aromatic nitrogens is 4. The fourth-order valence-electron chi connectivity index (χ4n) is 2.10. The van der Waals surface area contributed by atoms with Crippen molar-refractivity contribution in [2.75, 3.05) is 12.8 Å². The number of esters is 1. The normalized spacial score (nSPS) is 10.8. The standard InChI is InChI=1S/C13H19N5O2/c1-4-10-15-11(13(19)20-3)12(14)18(10)8-6-9-5-7-17(2)16-9/h5,7H,4,6,8,14H2,1-3H3. The number of nitrogens with zero attached hydrogens (tertiary/aromatic N) is 4. The van der Waals surface area contributed by atoms with Crippen molar-refractivity contribution in [3.63, 3.8) is 0 Å². The van der Waals surface area contributed by atoms with E-state index in [9.17, 15) is 4.79 Å². The van der Waals surface area contributed by atoms with Gasteiger partial charge in [0.25, 0.3) is 0 Å². The summed E-state index contributed by atoms with van der Waals surface area (Å²) in [6, 6.07) is 1.96. The van der Waals surface area contributed by atoms with Crippen molar-refractivity contribution in [2.24, 2.45) is 7.05 Å². The second-order valence-electron chi connectivity index (χ2n) is 4.49. The van der Waals surface area contributed by atoms with E-state index >= 15 is 0 Å². The van der Waals surface area contributed by atoms with Crippen LogP contribution < -0.4 is 5.73 Å². The number of nitrogen functional groups attached to an aromatic ring is 1. The quantitative estimate of drug-likeness (QED) is 0.816. The first-order valence-corrected chi connectivity index (χ1v) is 6.48. The largest absolute Gasteiger partial charge is 0.464 e.